The van der Waals surface area contributed by atoms with Crippen molar-refractivity contribution in [3.8, 4) is 11.5 Å². The van der Waals surface area contributed by atoms with Crippen molar-refractivity contribution in [3.63, 3.8) is 0 Å². The van der Waals surface area contributed by atoms with Crippen molar-refractivity contribution >= 4 is 6.08 Å². The third-order valence-electron chi connectivity index (χ3n) is 1.88. The van der Waals surface area contributed by atoms with Crippen molar-refractivity contribution in [2.45, 2.75) is 6.92 Å². The van der Waals surface area contributed by atoms with E-state index in [1.807, 2.05) is 13.0 Å². The first-order chi connectivity index (χ1) is 5.70. The summed E-state index contributed by atoms with van der Waals surface area (Å²) in [5.74, 6) is 0.688. The van der Waals surface area contributed by atoms with Crippen LogP contribution in [-0.4, -0.2) is 12.2 Å². The summed E-state index contributed by atoms with van der Waals surface area (Å²) in [6.07, 6.45) is 1.70. The second-order valence-electron chi connectivity index (χ2n) is 2.53. The molecule has 1 aromatic rings. The molecule has 0 aliphatic heterocycles. The van der Waals surface area contributed by atoms with E-state index in [1.54, 1.807) is 12.1 Å². The predicted octanol–water partition coefficient (Wildman–Crippen LogP) is 2.35. The molecule has 1 N–H and O–H groups in total. The molecule has 0 aromatic heterocycles. The molecule has 0 aliphatic rings. The maximum absolute atomic E-state index is 9.54. The van der Waals surface area contributed by atoms with E-state index >= 15 is 0 Å². The van der Waals surface area contributed by atoms with E-state index < -0.39 is 0 Å². The van der Waals surface area contributed by atoms with E-state index in [0.29, 0.717) is 5.75 Å². The number of hydrogen-bond acceptors (Lipinski definition) is 2. The van der Waals surface area contributed by atoms with Gasteiger partial charge in [-0.1, -0.05) is 18.7 Å². The molecule has 0 unspecified atom stereocenters. The van der Waals surface area contributed by atoms with Gasteiger partial charge < -0.3 is 9.84 Å². The first kappa shape index (κ1) is 8.65. The lowest BCUT2D eigenvalue weighted by molar-refractivity contribution is 0.371. The molecule has 0 heterocycles. The smallest absolute Gasteiger partial charge is 0.161 e. The molecule has 1 rings (SSSR count). The molecule has 0 aliphatic carbocycles. The summed E-state index contributed by atoms with van der Waals surface area (Å²) in [6.45, 7) is 5.46. The molecule has 0 saturated heterocycles. The standard InChI is InChI=1S/C10H12O2/c1-4-8-5-6-9(12-3)10(11)7(8)2/h4-6,11H,1H2,2-3H3. The van der Waals surface area contributed by atoms with Gasteiger partial charge in [0.1, 0.15) is 0 Å². The SMILES string of the molecule is C=Cc1ccc(OC)c(O)c1C. The minimum Gasteiger partial charge on any atom is -0.504 e. The summed E-state index contributed by atoms with van der Waals surface area (Å²) in [4.78, 5) is 0. The van der Waals surface area contributed by atoms with Crippen LogP contribution >= 0.6 is 0 Å². The summed E-state index contributed by atoms with van der Waals surface area (Å²) < 4.78 is 4.94. The normalized spacial score (nSPS) is 9.50. The van der Waals surface area contributed by atoms with Crippen molar-refractivity contribution < 1.29 is 9.84 Å². The van der Waals surface area contributed by atoms with Crippen LogP contribution in [0.1, 0.15) is 11.1 Å². The number of phenolic OH excluding ortho intramolecular Hbond substituents is 1. The number of rotatable bonds is 2. The largest absolute Gasteiger partial charge is 0.504 e. The summed E-state index contributed by atoms with van der Waals surface area (Å²) in [6, 6.07) is 3.58. The third-order valence-corrected chi connectivity index (χ3v) is 1.88. The van der Waals surface area contributed by atoms with E-state index in [0.717, 1.165) is 11.1 Å². The number of ether oxygens (including phenoxy) is 1. The highest BCUT2D eigenvalue weighted by atomic mass is 16.5. The first-order valence-electron chi connectivity index (χ1n) is 3.69. The maximum atomic E-state index is 9.54. The van der Waals surface area contributed by atoms with Crippen LogP contribution in [0.25, 0.3) is 6.08 Å². The average molecular weight is 164 g/mol. The second-order valence-corrected chi connectivity index (χ2v) is 2.53. The Labute approximate surface area is 72.1 Å². The molecule has 1 aromatic carbocycles. The first-order valence-corrected chi connectivity index (χ1v) is 3.69. The monoisotopic (exact) mass is 164 g/mol. The lowest BCUT2D eigenvalue weighted by Crippen LogP contribution is -1.87. The summed E-state index contributed by atoms with van der Waals surface area (Å²) in [5.41, 5.74) is 1.72. The third kappa shape index (κ3) is 1.28. The second kappa shape index (κ2) is 3.30. The molecule has 0 bridgehead atoms. The van der Waals surface area contributed by atoms with Crippen LogP contribution in [0.4, 0.5) is 0 Å². The van der Waals surface area contributed by atoms with Crippen molar-refractivity contribution in [1.82, 2.24) is 0 Å². The van der Waals surface area contributed by atoms with E-state index in [9.17, 15) is 5.11 Å². The minimum atomic E-state index is 0.190. The lowest BCUT2D eigenvalue weighted by Gasteiger charge is -2.07. The molecule has 0 saturated carbocycles. The Hall–Kier alpha value is -1.44. The van der Waals surface area contributed by atoms with Gasteiger partial charge in [-0.05, 0) is 18.6 Å². The Morgan fingerprint density at radius 2 is 2.17 bits per heavy atom. The molecule has 0 spiro atoms. The zero-order chi connectivity index (χ0) is 9.14. The fourth-order valence-corrected chi connectivity index (χ4v) is 1.08. The van der Waals surface area contributed by atoms with Crippen molar-refractivity contribution in [2.24, 2.45) is 0 Å². The van der Waals surface area contributed by atoms with Gasteiger partial charge in [0, 0.05) is 5.56 Å². The molecule has 0 radical (unpaired) electrons. The van der Waals surface area contributed by atoms with E-state index in [1.165, 1.54) is 7.11 Å². The molecular weight excluding hydrogens is 152 g/mol. The van der Waals surface area contributed by atoms with Crippen LogP contribution in [0, 0.1) is 6.92 Å². The van der Waals surface area contributed by atoms with Gasteiger partial charge in [-0.2, -0.15) is 0 Å². The number of methoxy groups -OCH3 is 1. The Morgan fingerprint density at radius 3 is 2.67 bits per heavy atom. The molecule has 12 heavy (non-hydrogen) atoms. The zero-order valence-electron chi connectivity index (χ0n) is 7.29. The van der Waals surface area contributed by atoms with Gasteiger partial charge in [0.15, 0.2) is 11.5 Å². The Balaban J connectivity index is 3.29. The van der Waals surface area contributed by atoms with Crippen LogP contribution in [0.3, 0.4) is 0 Å². The number of hydrogen-bond donors (Lipinski definition) is 1. The Morgan fingerprint density at radius 1 is 1.50 bits per heavy atom. The zero-order valence-corrected chi connectivity index (χ0v) is 7.29. The van der Waals surface area contributed by atoms with Gasteiger partial charge in [-0.3, -0.25) is 0 Å². The van der Waals surface area contributed by atoms with E-state index in [-0.39, 0.29) is 5.75 Å². The summed E-state index contributed by atoms with van der Waals surface area (Å²) in [5, 5.41) is 9.54. The van der Waals surface area contributed by atoms with E-state index in [2.05, 4.69) is 6.58 Å². The van der Waals surface area contributed by atoms with Crippen LogP contribution < -0.4 is 4.74 Å². The van der Waals surface area contributed by atoms with Gasteiger partial charge in [-0.25, -0.2) is 0 Å². The number of phenols is 1. The van der Waals surface area contributed by atoms with Crippen molar-refractivity contribution in [3.05, 3.63) is 29.8 Å². The molecule has 2 nitrogen and oxygen atoms in total. The molecule has 0 atom stereocenters. The molecular formula is C10H12O2. The average Bonchev–Trinajstić information content (AvgIpc) is 2.10. The van der Waals surface area contributed by atoms with Crippen LogP contribution in [0.2, 0.25) is 0 Å². The number of benzene rings is 1. The van der Waals surface area contributed by atoms with Crippen molar-refractivity contribution in [1.29, 1.82) is 0 Å². The fourth-order valence-electron chi connectivity index (χ4n) is 1.08. The molecule has 64 valence electrons. The highest BCUT2D eigenvalue weighted by molar-refractivity contribution is 5.60. The van der Waals surface area contributed by atoms with Gasteiger partial charge in [-0.15, -0.1) is 0 Å². The Bertz CT molecular complexity index is 303. The van der Waals surface area contributed by atoms with Gasteiger partial charge in [0.2, 0.25) is 0 Å². The minimum absolute atomic E-state index is 0.190. The highest BCUT2D eigenvalue weighted by Gasteiger charge is 2.06. The van der Waals surface area contributed by atoms with Crippen LogP contribution in [0.15, 0.2) is 18.7 Å². The van der Waals surface area contributed by atoms with Crippen molar-refractivity contribution in [2.75, 3.05) is 7.11 Å². The maximum Gasteiger partial charge on any atom is 0.161 e. The number of aromatic hydroxyl groups is 1. The molecule has 0 fully saturated rings. The fraction of sp³-hybridized carbons (Fsp3) is 0.200. The topological polar surface area (TPSA) is 29.5 Å². The molecule has 2 heteroatoms. The summed E-state index contributed by atoms with van der Waals surface area (Å²) >= 11 is 0. The van der Waals surface area contributed by atoms with Gasteiger partial charge in [0.25, 0.3) is 0 Å². The molecule has 0 amide bonds. The Kier molecular flexibility index (Phi) is 2.38. The van der Waals surface area contributed by atoms with Crippen LogP contribution in [0.5, 0.6) is 11.5 Å². The van der Waals surface area contributed by atoms with Crippen LogP contribution in [-0.2, 0) is 0 Å². The van der Waals surface area contributed by atoms with Gasteiger partial charge in [0.05, 0.1) is 7.11 Å². The quantitative estimate of drug-likeness (QED) is 0.727. The predicted molar refractivity (Wildman–Crippen MR) is 49.5 cm³/mol. The highest BCUT2D eigenvalue weighted by Crippen LogP contribution is 2.31. The van der Waals surface area contributed by atoms with Gasteiger partial charge >= 0.3 is 0 Å². The lowest BCUT2D eigenvalue weighted by atomic mass is 10.1. The van der Waals surface area contributed by atoms with E-state index in [4.69, 9.17) is 4.74 Å². The summed E-state index contributed by atoms with van der Waals surface area (Å²) in [7, 11) is 1.53.